The Morgan fingerprint density at radius 3 is 2.53 bits per heavy atom. The van der Waals surface area contributed by atoms with E-state index in [0.29, 0.717) is 17.2 Å². The van der Waals surface area contributed by atoms with Crippen molar-refractivity contribution in [3.8, 4) is 0 Å². The molecule has 4 rings (SSSR count). The van der Waals surface area contributed by atoms with Gasteiger partial charge in [0.1, 0.15) is 5.82 Å². The van der Waals surface area contributed by atoms with Crippen molar-refractivity contribution in [2.75, 3.05) is 29.5 Å². The zero-order valence-electron chi connectivity index (χ0n) is 16.4. The summed E-state index contributed by atoms with van der Waals surface area (Å²) < 4.78 is 13.4. The molecule has 8 heteroatoms. The van der Waals surface area contributed by atoms with Gasteiger partial charge in [-0.15, -0.1) is 11.3 Å². The van der Waals surface area contributed by atoms with Crippen molar-refractivity contribution < 1.29 is 14.3 Å². The van der Waals surface area contributed by atoms with E-state index in [1.54, 1.807) is 52.9 Å². The number of aliphatic hydroxyl groups excluding tert-OH is 1. The lowest BCUT2D eigenvalue weighted by Crippen LogP contribution is -2.34. The first-order chi connectivity index (χ1) is 14.6. The summed E-state index contributed by atoms with van der Waals surface area (Å²) in [5.41, 5.74) is 1.90. The molecule has 30 heavy (non-hydrogen) atoms. The van der Waals surface area contributed by atoms with E-state index in [1.165, 1.54) is 12.1 Å². The molecule has 2 aromatic heterocycles. The number of hydrogen-bond acceptors (Lipinski definition) is 6. The van der Waals surface area contributed by atoms with Gasteiger partial charge in [-0.1, -0.05) is 0 Å². The van der Waals surface area contributed by atoms with Crippen LogP contribution in [-0.4, -0.2) is 40.7 Å². The molecule has 156 valence electrons. The monoisotopic (exact) mass is 426 g/mol. The fourth-order valence-corrected chi connectivity index (χ4v) is 4.40. The van der Waals surface area contributed by atoms with Gasteiger partial charge < -0.3 is 14.9 Å². The third kappa shape index (κ3) is 4.66. The highest BCUT2D eigenvalue weighted by Crippen LogP contribution is 2.28. The predicted octanol–water partition coefficient (Wildman–Crippen LogP) is 3.73. The van der Waals surface area contributed by atoms with Crippen LogP contribution < -0.4 is 9.80 Å². The lowest BCUT2D eigenvalue weighted by atomic mass is 9.98. The smallest absolute Gasteiger partial charge is 0.258 e. The van der Waals surface area contributed by atoms with Gasteiger partial charge in [-0.25, -0.2) is 9.37 Å². The summed E-state index contributed by atoms with van der Waals surface area (Å²) in [7, 11) is 0. The number of halogens is 1. The van der Waals surface area contributed by atoms with Crippen LogP contribution in [0.1, 0.15) is 28.9 Å². The van der Waals surface area contributed by atoms with Crippen molar-refractivity contribution in [3.63, 3.8) is 0 Å². The number of rotatable bonds is 6. The maximum Gasteiger partial charge on any atom is 0.258 e. The molecule has 1 amide bonds. The molecule has 3 aromatic rings. The Balaban J connectivity index is 1.54. The molecule has 0 unspecified atom stereocenters. The van der Waals surface area contributed by atoms with E-state index in [0.717, 1.165) is 36.8 Å². The van der Waals surface area contributed by atoms with E-state index < -0.39 is 0 Å². The summed E-state index contributed by atoms with van der Waals surface area (Å²) in [5.74, 6) is -0.174. The van der Waals surface area contributed by atoms with Crippen LogP contribution >= 0.6 is 11.3 Å². The Kier molecular flexibility index (Phi) is 6.35. The summed E-state index contributed by atoms with van der Waals surface area (Å²) in [6.45, 7) is 2.27. The minimum absolute atomic E-state index is 0.192. The predicted molar refractivity (Wildman–Crippen MR) is 115 cm³/mol. The summed E-state index contributed by atoms with van der Waals surface area (Å²) in [5, 5.41) is 12.2. The topological polar surface area (TPSA) is 69.6 Å². The van der Waals surface area contributed by atoms with Crippen molar-refractivity contribution in [1.29, 1.82) is 0 Å². The minimum Gasteiger partial charge on any atom is -0.396 e. The fraction of sp³-hybridized carbons (Fsp3) is 0.318. The number of aromatic nitrogens is 2. The Bertz CT molecular complexity index is 972. The number of anilines is 2. The second-order valence-corrected chi connectivity index (χ2v) is 8.17. The van der Waals surface area contributed by atoms with Gasteiger partial charge in [0, 0.05) is 48.7 Å². The van der Waals surface area contributed by atoms with E-state index in [9.17, 15) is 14.3 Å². The largest absolute Gasteiger partial charge is 0.396 e. The zero-order valence-corrected chi connectivity index (χ0v) is 17.3. The van der Waals surface area contributed by atoms with E-state index in [2.05, 4.69) is 9.88 Å². The van der Waals surface area contributed by atoms with Crippen molar-refractivity contribution >= 4 is 28.1 Å². The third-order valence-electron chi connectivity index (χ3n) is 5.31. The van der Waals surface area contributed by atoms with Crippen LogP contribution in [0.3, 0.4) is 0 Å². The van der Waals surface area contributed by atoms with Gasteiger partial charge in [-0.2, -0.15) is 0 Å². The van der Waals surface area contributed by atoms with Crippen LogP contribution in [0.25, 0.3) is 0 Å². The quantitative estimate of drug-likeness (QED) is 0.650. The van der Waals surface area contributed by atoms with Crippen LogP contribution in [0, 0.1) is 11.7 Å². The number of pyridine rings is 1. The number of carbonyl (C=O) groups excluding carboxylic acids is 1. The van der Waals surface area contributed by atoms with Crippen molar-refractivity contribution in [1.82, 2.24) is 9.97 Å². The van der Waals surface area contributed by atoms with Crippen molar-refractivity contribution in [3.05, 3.63) is 71.2 Å². The van der Waals surface area contributed by atoms with E-state index in [-0.39, 0.29) is 24.9 Å². The molecule has 1 fully saturated rings. The number of carbonyl (C=O) groups is 1. The SMILES string of the molecule is O=C(c1ccncc1)N(Cc1csc(N2CCC(CO)CC2)n1)c1ccc(F)cc1. The maximum atomic E-state index is 13.4. The van der Waals surface area contributed by atoms with E-state index in [1.807, 2.05) is 5.38 Å². The minimum atomic E-state index is -0.350. The molecule has 1 aliphatic rings. The molecule has 1 saturated heterocycles. The number of thiazole rings is 1. The Morgan fingerprint density at radius 1 is 1.17 bits per heavy atom. The van der Waals surface area contributed by atoms with Crippen LogP contribution in [0.5, 0.6) is 0 Å². The third-order valence-corrected chi connectivity index (χ3v) is 6.26. The molecular weight excluding hydrogens is 403 g/mol. The van der Waals surface area contributed by atoms with E-state index in [4.69, 9.17) is 4.98 Å². The van der Waals surface area contributed by atoms with Gasteiger partial charge >= 0.3 is 0 Å². The average Bonchev–Trinajstić information content (AvgIpc) is 3.27. The summed E-state index contributed by atoms with van der Waals surface area (Å²) in [6, 6.07) is 9.22. The van der Waals surface area contributed by atoms with Crippen molar-refractivity contribution in [2.24, 2.45) is 5.92 Å². The first-order valence-electron chi connectivity index (χ1n) is 9.91. The second kappa shape index (κ2) is 9.32. The number of aliphatic hydroxyl groups is 1. The Morgan fingerprint density at radius 2 is 1.87 bits per heavy atom. The van der Waals surface area contributed by atoms with Gasteiger partial charge in [-0.3, -0.25) is 9.78 Å². The van der Waals surface area contributed by atoms with Crippen LogP contribution in [0.4, 0.5) is 15.2 Å². The van der Waals surface area contributed by atoms with Crippen LogP contribution in [0.2, 0.25) is 0 Å². The average molecular weight is 427 g/mol. The number of piperidine rings is 1. The van der Waals surface area contributed by atoms with Crippen LogP contribution in [0.15, 0.2) is 54.2 Å². The van der Waals surface area contributed by atoms with Gasteiger partial charge in [0.25, 0.3) is 5.91 Å². The highest BCUT2D eigenvalue weighted by molar-refractivity contribution is 7.13. The number of nitrogens with zero attached hydrogens (tertiary/aromatic N) is 4. The molecule has 0 radical (unpaired) electrons. The Hall–Kier alpha value is -2.84. The molecular formula is C22H23FN4O2S. The fourth-order valence-electron chi connectivity index (χ4n) is 3.53. The molecule has 1 N–H and O–H groups in total. The standard InChI is InChI=1S/C22H23FN4O2S/c23-18-1-3-20(4-2-18)27(21(29)17-5-9-24-10-6-17)13-19-15-30-22(25-19)26-11-7-16(14-28)8-12-26/h1-6,9-10,15-16,28H,7-8,11-14H2. The zero-order chi connectivity index (χ0) is 20.9. The molecule has 6 nitrogen and oxygen atoms in total. The summed E-state index contributed by atoms with van der Waals surface area (Å²) in [6.07, 6.45) is 5.06. The first kappa shape index (κ1) is 20.4. The lowest BCUT2D eigenvalue weighted by Gasteiger charge is -2.30. The van der Waals surface area contributed by atoms with E-state index >= 15 is 0 Å². The number of hydrogen-bond donors (Lipinski definition) is 1. The summed E-state index contributed by atoms with van der Waals surface area (Å²) in [4.78, 5) is 25.7. The first-order valence-corrected chi connectivity index (χ1v) is 10.8. The molecule has 0 spiro atoms. The molecule has 3 heterocycles. The van der Waals surface area contributed by atoms with Crippen molar-refractivity contribution in [2.45, 2.75) is 19.4 Å². The lowest BCUT2D eigenvalue weighted by molar-refractivity contribution is 0.0984. The second-order valence-electron chi connectivity index (χ2n) is 7.34. The number of benzene rings is 1. The highest BCUT2D eigenvalue weighted by atomic mass is 32.1. The van der Waals surface area contributed by atoms with Gasteiger partial charge in [0.15, 0.2) is 5.13 Å². The molecule has 1 aromatic carbocycles. The normalized spacial score (nSPS) is 14.7. The molecule has 0 aliphatic carbocycles. The summed E-state index contributed by atoms with van der Waals surface area (Å²) >= 11 is 1.56. The van der Waals surface area contributed by atoms with Crippen LogP contribution in [-0.2, 0) is 6.54 Å². The molecule has 1 aliphatic heterocycles. The molecule has 0 saturated carbocycles. The Labute approximate surface area is 178 Å². The molecule has 0 atom stereocenters. The maximum absolute atomic E-state index is 13.4. The van der Waals surface area contributed by atoms with Gasteiger partial charge in [-0.05, 0) is 55.2 Å². The highest BCUT2D eigenvalue weighted by Gasteiger charge is 2.23. The number of amides is 1. The van der Waals surface area contributed by atoms with Gasteiger partial charge in [0.2, 0.25) is 0 Å². The van der Waals surface area contributed by atoms with Gasteiger partial charge in [0.05, 0.1) is 12.2 Å². The molecule has 0 bridgehead atoms.